The van der Waals surface area contributed by atoms with Crippen molar-refractivity contribution in [2.24, 2.45) is 0 Å². The molecule has 0 aliphatic heterocycles. The van der Waals surface area contributed by atoms with E-state index in [1.807, 2.05) is 13.0 Å². The van der Waals surface area contributed by atoms with Gasteiger partial charge in [0.05, 0.1) is 10.2 Å². The third-order valence-corrected chi connectivity index (χ3v) is 3.66. The molecule has 0 aliphatic carbocycles. The zero-order valence-electron chi connectivity index (χ0n) is 11.6. The Kier molecular flexibility index (Phi) is 5.06. The summed E-state index contributed by atoms with van der Waals surface area (Å²) in [5, 5.41) is 3.27. The number of hydrogen-bond acceptors (Lipinski definition) is 3. The number of aromatic nitrogens is 2. The van der Waals surface area contributed by atoms with E-state index in [-0.39, 0.29) is 5.82 Å². The van der Waals surface area contributed by atoms with Crippen LogP contribution >= 0.6 is 15.9 Å². The number of nitrogens with one attached hydrogen (secondary N) is 1. The van der Waals surface area contributed by atoms with Gasteiger partial charge < -0.3 is 5.32 Å². The molecule has 1 heterocycles. The van der Waals surface area contributed by atoms with Gasteiger partial charge in [-0.05, 0) is 40.9 Å². The SMILES string of the molecule is CCCNc1ncnc(-c2cccc(Br)c2F)c1CC. The highest BCUT2D eigenvalue weighted by Crippen LogP contribution is 2.31. The van der Waals surface area contributed by atoms with E-state index >= 15 is 0 Å². The summed E-state index contributed by atoms with van der Waals surface area (Å²) in [4.78, 5) is 8.55. The lowest BCUT2D eigenvalue weighted by molar-refractivity contribution is 0.624. The topological polar surface area (TPSA) is 37.8 Å². The van der Waals surface area contributed by atoms with Gasteiger partial charge in [0.25, 0.3) is 0 Å². The highest BCUT2D eigenvalue weighted by molar-refractivity contribution is 9.10. The van der Waals surface area contributed by atoms with Crippen molar-refractivity contribution in [2.75, 3.05) is 11.9 Å². The van der Waals surface area contributed by atoms with Crippen LogP contribution in [0.1, 0.15) is 25.8 Å². The third-order valence-electron chi connectivity index (χ3n) is 3.05. The maximum atomic E-state index is 14.3. The molecular formula is C15H17BrFN3. The van der Waals surface area contributed by atoms with Crippen LogP contribution in [0.15, 0.2) is 29.0 Å². The Labute approximate surface area is 126 Å². The Hall–Kier alpha value is -1.49. The number of hydrogen-bond donors (Lipinski definition) is 1. The molecule has 106 valence electrons. The molecule has 1 aromatic heterocycles. The average molecular weight is 338 g/mol. The molecule has 0 bridgehead atoms. The van der Waals surface area contributed by atoms with Crippen molar-refractivity contribution in [3.63, 3.8) is 0 Å². The summed E-state index contributed by atoms with van der Waals surface area (Å²) in [6.07, 6.45) is 3.23. The predicted octanol–water partition coefficient (Wildman–Crippen LogP) is 4.43. The van der Waals surface area contributed by atoms with Crippen LogP contribution in [0.5, 0.6) is 0 Å². The van der Waals surface area contributed by atoms with Crippen molar-refractivity contribution >= 4 is 21.7 Å². The predicted molar refractivity (Wildman–Crippen MR) is 83.3 cm³/mol. The van der Waals surface area contributed by atoms with E-state index < -0.39 is 0 Å². The minimum absolute atomic E-state index is 0.289. The quantitative estimate of drug-likeness (QED) is 0.876. The Morgan fingerprint density at radius 3 is 2.75 bits per heavy atom. The minimum atomic E-state index is -0.289. The highest BCUT2D eigenvalue weighted by Gasteiger charge is 2.15. The first-order valence-electron chi connectivity index (χ1n) is 6.71. The van der Waals surface area contributed by atoms with E-state index in [2.05, 4.69) is 38.1 Å². The van der Waals surface area contributed by atoms with E-state index in [0.29, 0.717) is 15.7 Å². The Morgan fingerprint density at radius 2 is 2.05 bits per heavy atom. The molecule has 5 heteroatoms. The van der Waals surface area contributed by atoms with Gasteiger partial charge in [-0.15, -0.1) is 0 Å². The molecule has 0 spiro atoms. The number of halogens is 2. The van der Waals surface area contributed by atoms with Gasteiger partial charge in [0, 0.05) is 17.7 Å². The first-order chi connectivity index (χ1) is 9.69. The van der Waals surface area contributed by atoms with Crippen molar-refractivity contribution in [1.82, 2.24) is 9.97 Å². The molecule has 0 aliphatic rings. The molecule has 2 aromatic rings. The first-order valence-corrected chi connectivity index (χ1v) is 7.50. The third kappa shape index (κ3) is 2.98. The minimum Gasteiger partial charge on any atom is -0.370 e. The molecule has 0 saturated heterocycles. The lowest BCUT2D eigenvalue weighted by Crippen LogP contribution is -2.07. The fourth-order valence-electron chi connectivity index (χ4n) is 2.06. The lowest BCUT2D eigenvalue weighted by Gasteiger charge is -2.13. The Bertz CT molecular complexity index is 602. The molecule has 0 saturated carbocycles. The molecule has 0 unspecified atom stereocenters. The molecule has 1 aromatic carbocycles. The van der Waals surface area contributed by atoms with Gasteiger partial charge in [0.1, 0.15) is 18.0 Å². The van der Waals surface area contributed by atoms with Crippen LogP contribution in [0.4, 0.5) is 10.2 Å². The molecular weight excluding hydrogens is 321 g/mol. The molecule has 0 radical (unpaired) electrons. The smallest absolute Gasteiger partial charge is 0.146 e. The molecule has 0 amide bonds. The summed E-state index contributed by atoms with van der Waals surface area (Å²) in [5.74, 6) is 0.501. The van der Waals surface area contributed by atoms with E-state index in [0.717, 1.165) is 30.8 Å². The van der Waals surface area contributed by atoms with Crippen LogP contribution in [0, 0.1) is 5.82 Å². The normalized spacial score (nSPS) is 10.6. The highest BCUT2D eigenvalue weighted by atomic mass is 79.9. The lowest BCUT2D eigenvalue weighted by atomic mass is 10.0. The zero-order chi connectivity index (χ0) is 14.5. The van der Waals surface area contributed by atoms with Gasteiger partial charge in [0.15, 0.2) is 0 Å². The van der Waals surface area contributed by atoms with E-state index in [1.165, 1.54) is 6.33 Å². The van der Waals surface area contributed by atoms with Gasteiger partial charge in [-0.3, -0.25) is 0 Å². The van der Waals surface area contributed by atoms with Crippen LogP contribution in [0.25, 0.3) is 11.3 Å². The van der Waals surface area contributed by atoms with Gasteiger partial charge in [-0.25, -0.2) is 14.4 Å². The van der Waals surface area contributed by atoms with Crippen molar-refractivity contribution in [3.05, 3.63) is 40.4 Å². The summed E-state index contributed by atoms with van der Waals surface area (Å²) in [6, 6.07) is 5.23. The van der Waals surface area contributed by atoms with E-state index in [1.54, 1.807) is 12.1 Å². The molecule has 3 nitrogen and oxygen atoms in total. The second kappa shape index (κ2) is 6.79. The molecule has 0 fully saturated rings. The number of benzene rings is 1. The molecule has 2 rings (SSSR count). The van der Waals surface area contributed by atoms with E-state index in [9.17, 15) is 4.39 Å². The van der Waals surface area contributed by atoms with Crippen LogP contribution in [0.3, 0.4) is 0 Å². The summed E-state index contributed by atoms with van der Waals surface area (Å²) in [7, 11) is 0. The van der Waals surface area contributed by atoms with Gasteiger partial charge >= 0.3 is 0 Å². The second-order valence-electron chi connectivity index (χ2n) is 4.43. The maximum Gasteiger partial charge on any atom is 0.146 e. The summed E-state index contributed by atoms with van der Waals surface area (Å²) in [6.45, 7) is 4.95. The van der Waals surface area contributed by atoms with Gasteiger partial charge in [-0.1, -0.05) is 19.9 Å². The van der Waals surface area contributed by atoms with E-state index in [4.69, 9.17) is 0 Å². The number of anilines is 1. The fraction of sp³-hybridized carbons (Fsp3) is 0.333. The summed E-state index contributed by atoms with van der Waals surface area (Å²) in [5.41, 5.74) is 2.09. The molecule has 1 N–H and O–H groups in total. The Balaban J connectivity index is 2.53. The largest absolute Gasteiger partial charge is 0.370 e. The van der Waals surface area contributed by atoms with Crippen LogP contribution in [0.2, 0.25) is 0 Å². The fourth-order valence-corrected chi connectivity index (χ4v) is 2.43. The average Bonchev–Trinajstić information content (AvgIpc) is 2.47. The van der Waals surface area contributed by atoms with Gasteiger partial charge in [0.2, 0.25) is 0 Å². The molecule has 20 heavy (non-hydrogen) atoms. The van der Waals surface area contributed by atoms with Crippen LogP contribution in [-0.2, 0) is 6.42 Å². The number of nitrogens with zero attached hydrogens (tertiary/aromatic N) is 2. The van der Waals surface area contributed by atoms with Crippen molar-refractivity contribution < 1.29 is 4.39 Å². The Morgan fingerprint density at radius 1 is 1.25 bits per heavy atom. The van der Waals surface area contributed by atoms with Crippen molar-refractivity contribution in [2.45, 2.75) is 26.7 Å². The first kappa shape index (κ1) is 14.9. The zero-order valence-corrected chi connectivity index (χ0v) is 13.2. The van der Waals surface area contributed by atoms with Crippen LogP contribution < -0.4 is 5.32 Å². The van der Waals surface area contributed by atoms with Crippen molar-refractivity contribution in [3.8, 4) is 11.3 Å². The summed E-state index contributed by atoms with van der Waals surface area (Å²) < 4.78 is 14.7. The van der Waals surface area contributed by atoms with Gasteiger partial charge in [-0.2, -0.15) is 0 Å². The monoisotopic (exact) mass is 337 g/mol. The standard InChI is InChI=1S/C15H17BrFN3/c1-3-8-18-15-10(4-2)14(19-9-20-15)11-6-5-7-12(16)13(11)17/h5-7,9H,3-4,8H2,1-2H3,(H,18,19,20). The summed E-state index contributed by atoms with van der Waals surface area (Å²) >= 11 is 3.22. The molecule has 0 atom stereocenters. The second-order valence-corrected chi connectivity index (χ2v) is 5.29. The van der Waals surface area contributed by atoms with Crippen molar-refractivity contribution in [1.29, 1.82) is 0 Å². The van der Waals surface area contributed by atoms with Crippen LogP contribution in [-0.4, -0.2) is 16.5 Å². The maximum absolute atomic E-state index is 14.3. The number of rotatable bonds is 5.